The third kappa shape index (κ3) is 8.24. The van der Waals surface area contributed by atoms with E-state index in [1.54, 1.807) is 0 Å². The summed E-state index contributed by atoms with van der Waals surface area (Å²) < 4.78 is 6.17. The lowest BCUT2D eigenvalue weighted by molar-refractivity contribution is 0.172. The smallest absolute Gasteiger partial charge is 0.119 e. The van der Waals surface area contributed by atoms with Crippen LogP contribution in [0, 0.1) is 0 Å². The first kappa shape index (κ1) is 17.1. The summed E-state index contributed by atoms with van der Waals surface area (Å²) in [4.78, 5) is 0. The van der Waals surface area contributed by atoms with E-state index in [0.717, 1.165) is 5.75 Å². The molecule has 0 aliphatic rings. The summed E-state index contributed by atoms with van der Waals surface area (Å²) in [6.07, 6.45) is 13.5. The molecule has 0 unspecified atom stereocenters. The van der Waals surface area contributed by atoms with E-state index >= 15 is 0 Å². The van der Waals surface area contributed by atoms with E-state index in [0.29, 0.717) is 6.10 Å². The maximum Gasteiger partial charge on any atom is 0.119 e. The second-order valence-corrected chi connectivity index (χ2v) is 5.75. The Hall–Kier alpha value is -0.980. The van der Waals surface area contributed by atoms with Gasteiger partial charge in [0.25, 0.3) is 0 Å². The van der Waals surface area contributed by atoms with Crippen molar-refractivity contribution in [3.63, 3.8) is 0 Å². The SMILES string of the molecule is CCCCCCC(CCCCCC)Oc1ccccc1. The highest BCUT2D eigenvalue weighted by molar-refractivity contribution is 5.21. The molecule has 0 fully saturated rings. The van der Waals surface area contributed by atoms with Gasteiger partial charge in [-0.25, -0.2) is 0 Å². The molecule has 1 rings (SSSR count). The zero-order valence-corrected chi connectivity index (χ0v) is 13.4. The molecule has 0 atom stereocenters. The molecule has 0 amide bonds. The number of benzene rings is 1. The average Bonchev–Trinajstić information content (AvgIpc) is 2.49. The van der Waals surface area contributed by atoms with Crippen LogP contribution in [0.5, 0.6) is 5.75 Å². The van der Waals surface area contributed by atoms with Crippen molar-refractivity contribution in [3.05, 3.63) is 30.3 Å². The van der Waals surface area contributed by atoms with E-state index in [4.69, 9.17) is 4.74 Å². The van der Waals surface area contributed by atoms with E-state index in [9.17, 15) is 0 Å². The number of rotatable bonds is 12. The zero-order valence-electron chi connectivity index (χ0n) is 13.4. The van der Waals surface area contributed by atoms with Crippen LogP contribution in [0.2, 0.25) is 0 Å². The van der Waals surface area contributed by atoms with Gasteiger partial charge in [0.15, 0.2) is 0 Å². The molecule has 1 aromatic carbocycles. The summed E-state index contributed by atoms with van der Waals surface area (Å²) in [7, 11) is 0. The standard InChI is InChI=1S/C19H32O/c1-3-5-7-10-14-18(15-11-8-6-4-2)20-19-16-12-9-13-17-19/h9,12-13,16-18H,3-8,10-11,14-15H2,1-2H3. The van der Waals surface area contributed by atoms with Crippen molar-refractivity contribution >= 4 is 0 Å². The Balaban J connectivity index is 2.33. The molecular weight excluding hydrogens is 244 g/mol. The van der Waals surface area contributed by atoms with Crippen LogP contribution in [0.1, 0.15) is 78.1 Å². The second-order valence-electron chi connectivity index (χ2n) is 5.75. The Morgan fingerprint density at radius 1 is 0.750 bits per heavy atom. The lowest BCUT2D eigenvalue weighted by Gasteiger charge is -2.19. The van der Waals surface area contributed by atoms with Crippen LogP contribution in [0.25, 0.3) is 0 Å². The molecule has 0 saturated heterocycles. The first-order chi connectivity index (χ1) is 9.86. The van der Waals surface area contributed by atoms with Crippen LogP contribution in [-0.4, -0.2) is 6.10 Å². The minimum Gasteiger partial charge on any atom is -0.490 e. The van der Waals surface area contributed by atoms with Crippen LogP contribution in [0.3, 0.4) is 0 Å². The first-order valence-corrected chi connectivity index (χ1v) is 8.58. The van der Waals surface area contributed by atoms with Crippen molar-refractivity contribution in [3.8, 4) is 5.75 Å². The Labute approximate surface area is 125 Å². The maximum absolute atomic E-state index is 6.17. The predicted molar refractivity (Wildman–Crippen MR) is 88.4 cm³/mol. The molecule has 114 valence electrons. The highest BCUT2D eigenvalue weighted by Gasteiger charge is 2.10. The quantitative estimate of drug-likeness (QED) is 0.403. The van der Waals surface area contributed by atoms with Gasteiger partial charge in [-0.3, -0.25) is 0 Å². The van der Waals surface area contributed by atoms with Gasteiger partial charge in [0.2, 0.25) is 0 Å². The van der Waals surface area contributed by atoms with E-state index in [1.807, 2.05) is 6.07 Å². The molecule has 0 bridgehead atoms. The second kappa shape index (κ2) is 11.8. The van der Waals surface area contributed by atoms with Crippen molar-refractivity contribution in [2.75, 3.05) is 0 Å². The Kier molecular flexibility index (Phi) is 10.1. The summed E-state index contributed by atoms with van der Waals surface area (Å²) in [6.45, 7) is 4.53. The van der Waals surface area contributed by atoms with Gasteiger partial charge < -0.3 is 4.74 Å². The van der Waals surface area contributed by atoms with E-state index < -0.39 is 0 Å². The lowest BCUT2D eigenvalue weighted by Crippen LogP contribution is -2.16. The minimum atomic E-state index is 0.408. The molecule has 0 spiro atoms. The fraction of sp³-hybridized carbons (Fsp3) is 0.684. The number of para-hydroxylation sites is 1. The summed E-state index contributed by atoms with van der Waals surface area (Å²) in [5, 5.41) is 0. The summed E-state index contributed by atoms with van der Waals surface area (Å²) >= 11 is 0. The number of ether oxygens (including phenoxy) is 1. The van der Waals surface area contributed by atoms with E-state index in [-0.39, 0.29) is 0 Å². The number of unbranched alkanes of at least 4 members (excludes halogenated alkanes) is 6. The maximum atomic E-state index is 6.17. The normalized spacial score (nSPS) is 10.9. The van der Waals surface area contributed by atoms with Crippen LogP contribution < -0.4 is 4.74 Å². The fourth-order valence-electron chi connectivity index (χ4n) is 2.55. The topological polar surface area (TPSA) is 9.23 Å². The van der Waals surface area contributed by atoms with Gasteiger partial charge in [-0.05, 0) is 37.8 Å². The van der Waals surface area contributed by atoms with Crippen LogP contribution >= 0.6 is 0 Å². The van der Waals surface area contributed by atoms with Crippen LogP contribution in [0.4, 0.5) is 0 Å². The highest BCUT2D eigenvalue weighted by atomic mass is 16.5. The molecule has 0 N–H and O–H groups in total. The zero-order chi connectivity index (χ0) is 14.5. The van der Waals surface area contributed by atoms with Crippen molar-refractivity contribution in [1.82, 2.24) is 0 Å². The third-order valence-electron chi connectivity index (χ3n) is 3.81. The molecule has 0 aliphatic heterocycles. The lowest BCUT2D eigenvalue weighted by atomic mass is 10.0. The van der Waals surface area contributed by atoms with Gasteiger partial charge in [0.05, 0.1) is 6.10 Å². The average molecular weight is 276 g/mol. The van der Waals surface area contributed by atoms with Gasteiger partial charge in [0.1, 0.15) is 5.75 Å². The Bertz CT molecular complexity index is 295. The molecule has 1 nitrogen and oxygen atoms in total. The summed E-state index contributed by atoms with van der Waals surface area (Å²) in [6, 6.07) is 10.3. The van der Waals surface area contributed by atoms with Gasteiger partial charge in [-0.15, -0.1) is 0 Å². The summed E-state index contributed by atoms with van der Waals surface area (Å²) in [5.41, 5.74) is 0. The number of hydrogen-bond donors (Lipinski definition) is 0. The van der Waals surface area contributed by atoms with Crippen molar-refractivity contribution in [2.24, 2.45) is 0 Å². The van der Waals surface area contributed by atoms with Gasteiger partial charge in [-0.1, -0.05) is 70.6 Å². The largest absolute Gasteiger partial charge is 0.490 e. The molecular formula is C19H32O. The molecule has 0 heterocycles. The molecule has 1 heteroatoms. The molecule has 0 aromatic heterocycles. The van der Waals surface area contributed by atoms with Gasteiger partial charge in [-0.2, -0.15) is 0 Å². The summed E-state index contributed by atoms with van der Waals surface area (Å²) in [5.74, 6) is 1.03. The first-order valence-electron chi connectivity index (χ1n) is 8.58. The van der Waals surface area contributed by atoms with Crippen LogP contribution in [0.15, 0.2) is 30.3 Å². The molecule has 0 saturated carbocycles. The van der Waals surface area contributed by atoms with Gasteiger partial charge in [0, 0.05) is 0 Å². The van der Waals surface area contributed by atoms with E-state index in [2.05, 4.69) is 38.1 Å². The third-order valence-corrected chi connectivity index (χ3v) is 3.81. The van der Waals surface area contributed by atoms with Crippen molar-refractivity contribution in [2.45, 2.75) is 84.2 Å². The number of hydrogen-bond acceptors (Lipinski definition) is 1. The Morgan fingerprint density at radius 2 is 1.30 bits per heavy atom. The predicted octanol–water partition coefficient (Wildman–Crippen LogP) is 6.37. The molecule has 20 heavy (non-hydrogen) atoms. The van der Waals surface area contributed by atoms with Crippen molar-refractivity contribution < 1.29 is 4.74 Å². The fourth-order valence-corrected chi connectivity index (χ4v) is 2.55. The molecule has 1 aromatic rings. The Morgan fingerprint density at radius 3 is 1.80 bits per heavy atom. The van der Waals surface area contributed by atoms with E-state index in [1.165, 1.54) is 64.2 Å². The van der Waals surface area contributed by atoms with Crippen LogP contribution in [-0.2, 0) is 0 Å². The van der Waals surface area contributed by atoms with Crippen molar-refractivity contribution in [1.29, 1.82) is 0 Å². The minimum absolute atomic E-state index is 0.408. The molecule has 0 aliphatic carbocycles. The molecule has 0 radical (unpaired) electrons. The van der Waals surface area contributed by atoms with Gasteiger partial charge >= 0.3 is 0 Å². The highest BCUT2D eigenvalue weighted by Crippen LogP contribution is 2.19. The monoisotopic (exact) mass is 276 g/mol.